The molecule has 3 rings (SSSR count). The van der Waals surface area contributed by atoms with E-state index in [2.05, 4.69) is 15.3 Å². The van der Waals surface area contributed by atoms with Crippen molar-refractivity contribution in [3.05, 3.63) is 47.8 Å². The Morgan fingerprint density at radius 1 is 1.17 bits per heavy atom. The van der Waals surface area contributed by atoms with Crippen molar-refractivity contribution in [2.45, 2.75) is 20.3 Å². The summed E-state index contributed by atoms with van der Waals surface area (Å²) in [5.74, 6) is -0.371. The van der Waals surface area contributed by atoms with Crippen LogP contribution in [0.1, 0.15) is 17.8 Å². The molecule has 6 nitrogen and oxygen atoms in total. The number of anilines is 2. The second kappa shape index (κ2) is 6.16. The van der Waals surface area contributed by atoms with Crippen LogP contribution in [-0.4, -0.2) is 28.3 Å². The van der Waals surface area contributed by atoms with Gasteiger partial charge >= 0.3 is 0 Å². The topological polar surface area (TPSA) is 75.2 Å². The SMILES string of the molecule is Cc1cc(C)nc(NC(=O)[C@H]2CC(=O)N(c3ccccc3)C2)n1. The van der Waals surface area contributed by atoms with E-state index in [9.17, 15) is 9.59 Å². The Balaban J connectivity index is 1.70. The molecule has 0 unspecified atom stereocenters. The Hall–Kier alpha value is -2.76. The highest BCUT2D eigenvalue weighted by molar-refractivity contribution is 6.03. The molecule has 1 fully saturated rings. The monoisotopic (exact) mass is 310 g/mol. The van der Waals surface area contributed by atoms with Crippen LogP contribution in [0.2, 0.25) is 0 Å². The molecular formula is C17H18N4O2. The fourth-order valence-corrected chi connectivity index (χ4v) is 2.73. The molecule has 118 valence electrons. The molecule has 23 heavy (non-hydrogen) atoms. The van der Waals surface area contributed by atoms with Gasteiger partial charge in [0, 0.05) is 30.0 Å². The number of aryl methyl sites for hydroxylation is 2. The third-order valence-corrected chi connectivity index (χ3v) is 3.78. The summed E-state index contributed by atoms with van der Waals surface area (Å²) in [7, 11) is 0. The van der Waals surface area contributed by atoms with Crippen LogP contribution in [0, 0.1) is 19.8 Å². The molecule has 1 N–H and O–H groups in total. The molecule has 1 saturated heterocycles. The van der Waals surface area contributed by atoms with E-state index in [1.165, 1.54) is 0 Å². The summed E-state index contributed by atoms with van der Waals surface area (Å²) >= 11 is 0. The maximum atomic E-state index is 12.4. The first-order valence-corrected chi connectivity index (χ1v) is 7.51. The summed E-state index contributed by atoms with van der Waals surface area (Å²) in [5, 5.41) is 2.72. The number of amides is 2. The number of carbonyl (C=O) groups is 2. The predicted octanol–water partition coefficient (Wildman–Crippen LogP) is 2.09. The lowest BCUT2D eigenvalue weighted by Gasteiger charge is -2.16. The normalized spacial score (nSPS) is 17.4. The number of hydrogen-bond acceptors (Lipinski definition) is 4. The molecule has 1 atom stereocenters. The van der Waals surface area contributed by atoms with Crippen LogP contribution < -0.4 is 10.2 Å². The quantitative estimate of drug-likeness (QED) is 0.942. The van der Waals surface area contributed by atoms with Crippen LogP contribution in [0.5, 0.6) is 0 Å². The van der Waals surface area contributed by atoms with Crippen molar-refractivity contribution in [3.8, 4) is 0 Å². The van der Waals surface area contributed by atoms with Gasteiger partial charge in [-0.25, -0.2) is 9.97 Å². The van der Waals surface area contributed by atoms with E-state index in [0.717, 1.165) is 17.1 Å². The molecule has 1 aromatic carbocycles. The minimum absolute atomic E-state index is 0.0438. The van der Waals surface area contributed by atoms with Crippen LogP contribution >= 0.6 is 0 Å². The van der Waals surface area contributed by atoms with E-state index < -0.39 is 5.92 Å². The number of benzene rings is 1. The van der Waals surface area contributed by atoms with Crippen molar-refractivity contribution in [1.29, 1.82) is 0 Å². The number of hydrogen-bond donors (Lipinski definition) is 1. The summed E-state index contributed by atoms with van der Waals surface area (Å²) in [5.41, 5.74) is 2.40. The third-order valence-electron chi connectivity index (χ3n) is 3.78. The standard InChI is InChI=1S/C17H18N4O2/c1-11-8-12(2)19-17(18-11)20-16(23)13-9-15(22)21(10-13)14-6-4-3-5-7-14/h3-8,13H,9-10H2,1-2H3,(H,18,19,20,23)/t13-/m0/s1. The lowest BCUT2D eigenvalue weighted by Crippen LogP contribution is -2.28. The van der Waals surface area contributed by atoms with Crippen LogP contribution in [-0.2, 0) is 9.59 Å². The Morgan fingerprint density at radius 3 is 2.48 bits per heavy atom. The largest absolute Gasteiger partial charge is 0.312 e. The fraction of sp³-hybridized carbons (Fsp3) is 0.294. The molecule has 0 spiro atoms. The van der Waals surface area contributed by atoms with Gasteiger partial charge in [-0.15, -0.1) is 0 Å². The predicted molar refractivity (Wildman–Crippen MR) is 87.0 cm³/mol. The molecule has 0 aliphatic carbocycles. The minimum atomic E-state index is -0.396. The number of aromatic nitrogens is 2. The maximum absolute atomic E-state index is 12.4. The van der Waals surface area contributed by atoms with Gasteiger partial charge in [-0.1, -0.05) is 18.2 Å². The molecule has 2 heterocycles. The zero-order chi connectivity index (χ0) is 16.4. The molecule has 6 heteroatoms. The molecule has 0 bridgehead atoms. The van der Waals surface area contributed by atoms with Gasteiger partial charge in [0.2, 0.25) is 17.8 Å². The van der Waals surface area contributed by atoms with E-state index in [4.69, 9.17) is 0 Å². The summed E-state index contributed by atoms with van der Waals surface area (Å²) in [6, 6.07) is 11.2. The van der Waals surface area contributed by atoms with Gasteiger partial charge in [-0.3, -0.25) is 14.9 Å². The zero-order valence-electron chi connectivity index (χ0n) is 13.1. The van der Waals surface area contributed by atoms with Crippen molar-refractivity contribution >= 4 is 23.5 Å². The fourth-order valence-electron chi connectivity index (χ4n) is 2.73. The van der Waals surface area contributed by atoms with Gasteiger partial charge in [0.15, 0.2) is 0 Å². The third kappa shape index (κ3) is 3.36. The Morgan fingerprint density at radius 2 is 1.83 bits per heavy atom. The van der Waals surface area contributed by atoms with Gasteiger partial charge < -0.3 is 4.90 Å². The van der Waals surface area contributed by atoms with Crippen LogP contribution in [0.4, 0.5) is 11.6 Å². The summed E-state index contributed by atoms with van der Waals surface area (Å²) in [6.07, 6.45) is 0.200. The molecule has 1 aliphatic heterocycles. The summed E-state index contributed by atoms with van der Waals surface area (Å²) < 4.78 is 0. The van der Waals surface area contributed by atoms with Gasteiger partial charge in [0.1, 0.15) is 0 Å². The number of nitrogens with zero attached hydrogens (tertiary/aromatic N) is 3. The number of nitrogens with one attached hydrogen (secondary N) is 1. The number of carbonyl (C=O) groups excluding carboxylic acids is 2. The first-order chi connectivity index (χ1) is 11.0. The Kier molecular flexibility index (Phi) is 4.06. The van der Waals surface area contributed by atoms with Crippen molar-refractivity contribution in [3.63, 3.8) is 0 Å². The molecule has 1 aliphatic rings. The first kappa shape index (κ1) is 15.1. The number of para-hydroxylation sites is 1. The lowest BCUT2D eigenvalue weighted by molar-refractivity contribution is -0.122. The zero-order valence-corrected chi connectivity index (χ0v) is 13.1. The highest BCUT2D eigenvalue weighted by Gasteiger charge is 2.35. The first-order valence-electron chi connectivity index (χ1n) is 7.51. The molecule has 0 saturated carbocycles. The number of rotatable bonds is 3. The molecule has 1 aromatic heterocycles. The molecular weight excluding hydrogens is 292 g/mol. The van der Waals surface area contributed by atoms with E-state index in [-0.39, 0.29) is 24.2 Å². The van der Waals surface area contributed by atoms with Crippen molar-refractivity contribution < 1.29 is 9.59 Å². The van der Waals surface area contributed by atoms with Crippen LogP contribution in [0.3, 0.4) is 0 Å². The van der Waals surface area contributed by atoms with E-state index in [1.807, 2.05) is 50.2 Å². The molecule has 2 amide bonds. The second-order valence-electron chi connectivity index (χ2n) is 5.70. The van der Waals surface area contributed by atoms with E-state index in [0.29, 0.717) is 6.54 Å². The van der Waals surface area contributed by atoms with E-state index in [1.54, 1.807) is 4.90 Å². The van der Waals surface area contributed by atoms with Crippen LogP contribution in [0.15, 0.2) is 36.4 Å². The summed E-state index contributed by atoms with van der Waals surface area (Å²) in [6.45, 7) is 4.07. The molecule has 0 radical (unpaired) electrons. The average Bonchev–Trinajstić information content (AvgIpc) is 2.89. The highest BCUT2D eigenvalue weighted by Crippen LogP contribution is 2.25. The van der Waals surface area contributed by atoms with Gasteiger partial charge in [-0.05, 0) is 32.0 Å². The van der Waals surface area contributed by atoms with Crippen molar-refractivity contribution in [1.82, 2.24) is 9.97 Å². The Labute approximate surface area is 134 Å². The van der Waals surface area contributed by atoms with Gasteiger partial charge in [0.25, 0.3) is 0 Å². The smallest absolute Gasteiger partial charge is 0.232 e. The minimum Gasteiger partial charge on any atom is -0.312 e. The van der Waals surface area contributed by atoms with Crippen molar-refractivity contribution in [2.24, 2.45) is 5.92 Å². The Bertz CT molecular complexity index is 725. The van der Waals surface area contributed by atoms with E-state index >= 15 is 0 Å². The van der Waals surface area contributed by atoms with Crippen LogP contribution in [0.25, 0.3) is 0 Å². The maximum Gasteiger partial charge on any atom is 0.232 e. The molecule has 2 aromatic rings. The van der Waals surface area contributed by atoms with Gasteiger partial charge in [-0.2, -0.15) is 0 Å². The highest BCUT2D eigenvalue weighted by atomic mass is 16.2. The van der Waals surface area contributed by atoms with Gasteiger partial charge in [0.05, 0.1) is 5.92 Å². The second-order valence-corrected chi connectivity index (χ2v) is 5.70. The average molecular weight is 310 g/mol. The van der Waals surface area contributed by atoms with Crippen molar-refractivity contribution in [2.75, 3.05) is 16.8 Å². The lowest BCUT2D eigenvalue weighted by atomic mass is 10.1. The summed E-state index contributed by atoms with van der Waals surface area (Å²) in [4.78, 5) is 34.6.